The van der Waals surface area contributed by atoms with Crippen LogP contribution in [0.3, 0.4) is 0 Å². The molecule has 8 heteroatoms. The van der Waals surface area contributed by atoms with Crippen LogP contribution in [-0.4, -0.2) is 21.1 Å². The smallest absolute Gasteiger partial charge is 0.336 e. The summed E-state index contributed by atoms with van der Waals surface area (Å²) in [6.07, 6.45) is 1.79. The lowest BCUT2D eigenvalue weighted by Gasteiger charge is -2.17. The van der Waals surface area contributed by atoms with Gasteiger partial charge in [0.25, 0.3) is 0 Å². The average molecular weight is 375 g/mol. The van der Waals surface area contributed by atoms with Gasteiger partial charge in [-0.2, -0.15) is 9.78 Å². The summed E-state index contributed by atoms with van der Waals surface area (Å²) in [6.45, 7) is 0. The van der Waals surface area contributed by atoms with Gasteiger partial charge in [0, 0.05) is 28.9 Å². The lowest BCUT2D eigenvalue weighted by molar-refractivity contribution is 0.559. The maximum atomic E-state index is 11.9. The van der Waals surface area contributed by atoms with E-state index < -0.39 is 0 Å². The quantitative estimate of drug-likeness (QED) is 0.426. The molecule has 132 valence electrons. The topological polar surface area (TPSA) is 99.3 Å². The second-order valence-corrected chi connectivity index (χ2v) is 7.17. The predicted octanol–water partition coefficient (Wildman–Crippen LogP) is 3.31. The minimum absolute atomic E-state index is 0.157. The van der Waals surface area contributed by atoms with Crippen LogP contribution in [0.25, 0.3) is 22.4 Å². The summed E-state index contributed by atoms with van der Waals surface area (Å²) in [7, 11) is 0. The molecule has 3 heterocycles. The highest BCUT2D eigenvalue weighted by atomic mass is 32.2. The van der Waals surface area contributed by atoms with E-state index in [1.165, 1.54) is 17.8 Å². The number of aromatic nitrogens is 3. The molecule has 1 aliphatic heterocycles. The van der Waals surface area contributed by atoms with Crippen molar-refractivity contribution < 1.29 is 4.42 Å². The summed E-state index contributed by atoms with van der Waals surface area (Å²) in [5.74, 6) is 0.643. The number of nitrogen functional groups attached to an aromatic ring is 1. The molecule has 0 aliphatic carbocycles. The van der Waals surface area contributed by atoms with E-state index >= 15 is 0 Å². The van der Waals surface area contributed by atoms with Crippen molar-refractivity contribution in [2.45, 2.75) is 10.4 Å². The first-order valence-electron chi connectivity index (χ1n) is 8.24. The van der Waals surface area contributed by atoms with Crippen LogP contribution in [0.2, 0.25) is 0 Å². The Labute approximate surface area is 157 Å². The van der Waals surface area contributed by atoms with Gasteiger partial charge in [-0.3, -0.25) is 0 Å². The Morgan fingerprint density at radius 3 is 2.74 bits per heavy atom. The van der Waals surface area contributed by atoms with E-state index in [-0.39, 0.29) is 10.9 Å². The third kappa shape index (κ3) is 2.70. The first-order valence-corrected chi connectivity index (χ1v) is 9.12. The fourth-order valence-electron chi connectivity index (χ4n) is 3.04. The van der Waals surface area contributed by atoms with E-state index in [9.17, 15) is 4.79 Å². The number of nitrogens with two attached hydrogens (primary N) is 1. The Bertz CT molecular complexity index is 1240. The van der Waals surface area contributed by atoms with E-state index in [4.69, 9.17) is 10.2 Å². The molecule has 0 fully saturated rings. The van der Waals surface area contributed by atoms with Crippen LogP contribution in [0, 0.1) is 0 Å². The highest BCUT2D eigenvalue weighted by Crippen LogP contribution is 2.39. The maximum Gasteiger partial charge on any atom is 0.336 e. The number of fused-ring (bicyclic) bond motifs is 2. The third-order valence-electron chi connectivity index (χ3n) is 4.32. The van der Waals surface area contributed by atoms with Crippen molar-refractivity contribution in [2.75, 3.05) is 5.73 Å². The van der Waals surface area contributed by atoms with Crippen LogP contribution in [0.1, 0.15) is 10.8 Å². The van der Waals surface area contributed by atoms with Gasteiger partial charge >= 0.3 is 5.63 Å². The van der Waals surface area contributed by atoms with Crippen molar-refractivity contribution in [2.24, 2.45) is 5.10 Å². The first-order chi connectivity index (χ1) is 13.2. The summed E-state index contributed by atoms with van der Waals surface area (Å²) in [5.41, 5.74) is 8.34. The zero-order valence-electron chi connectivity index (χ0n) is 13.9. The molecular formula is C19H13N5O2S. The van der Waals surface area contributed by atoms with E-state index in [0.717, 1.165) is 16.5 Å². The highest BCUT2D eigenvalue weighted by molar-refractivity contribution is 8.00. The van der Waals surface area contributed by atoms with Gasteiger partial charge in [0.05, 0.1) is 5.25 Å². The minimum Gasteiger partial charge on any atom is -0.423 e. The van der Waals surface area contributed by atoms with Crippen molar-refractivity contribution in [1.29, 1.82) is 0 Å². The van der Waals surface area contributed by atoms with Crippen LogP contribution in [-0.2, 0) is 0 Å². The normalized spacial score (nSPS) is 15.8. The number of rotatable bonds is 2. The van der Waals surface area contributed by atoms with Crippen LogP contribution in [0.4, 0.5) is 5.69 Å². The van der Waals surface area contributed by atoms with Gasteiger partial charge in [-0.1, -0.05) is 30.0 Å². The Balaban J connectivity index is 1.56. The van der Waals surface area contributed by atoms with Gasteiger partial charge in [-0.25, -0.2) is 4.79 Å². The largest absolute Gasteiger partial charge is 0.423 e. The number of hydrogen-bond acceptors (Lipinski definition) is 7. The van der Waals surface area contributed by atoms with Crippen molar-refractivity contribution >= 4 is 34.6 Å². The number of nitrogens with zero attached hydrogens (tertiary/aromatic N) is 4. The second kappa shape index (κ2) is 6.10. The lowest BCUT2D eigenvalue weighted by Crippen LogP contribution is -2.10. The fourth-order valence-corrected chi connectivity index (χ4v) is 4.03. The molecule has 2 N–H and O–H groups in total. The molecule has 1 aliphatic rings. The maximum absolute atomic E-state index is 11.9. The van der Waals surface area contributed by atoms with Crippen LogP contribution in [0.15, 0.2) is 74.1 Å². The van der Waals surface area contributed by atoms with Crippen LogP contribution >= 0.6 is 11.8 Å². The Morgan fingerprint density at radius 1 is 1.07 bits per heavy atom. The summed E-state index contributed by atoms with van der Waals surface area (Å²) in [6, 6.07) is 16.4. The summed E-state index contributed by atoms with van der Waals surface area (Å²) in [5, 5.41) is 14.4. The molecule has 5 rings (SSSR count). The molecule has 27 heavy (non-hydrogen) atoms. The molecule has 0 radical (unpaired) electrons. The Morgan fingerprint density at radius 2 is 1.89 bits per heavy atom. The molecule has 0 saturated carbocycles. The number of thioether (sulfide) groups is 1. The third-order valence-corrected chi connectivity index (χ3v) is 5.41. The average Bonchev–Trinajstić information content (AvgIpc) is 3.11. The van der Waals surface area contributed by atoms with E-state index in [1.54, 1.807) is 17.0 Å². The number of anilines is 1. The zero-order valence-corrected chi connectivity index (χ0v) is 14.8. The summed E-state index contributed by atoms with van der Waals surface area (Å²) < 4.78 is 6.98. The first kappa shape index (κ1) is 15.8. The zero-order chi connectivity index (χ0) is 18.4. The molecule has 2 aromatic carbocycles. The van der Waals surface area contributed by atoms with Gasteiger partial charge in [-0.15, -0.1) is 10.2 Å². The molecule has 0 saturated heterocycles. The molecule has 7 nitrogen and oxygen atoms in total. The molecule has 4 aromatic rings. The molecule has 0 bridgehead atoms. The molecule has 2 aromatic heterocycles. The minimum atomic E-state index is -0.382. The van der Waals surface area contributed by atoms with Crippen molar-refractivity contribution in [3.63, 3.8) is 0 Å². The van der Waals surface area contributed by atoms with Crippen molar-refractivity contribution in [3.05, 3.63) is 70.6 Å². The van der Waals surface area contributed by atoms with Crippen LogP contribution < -0.4 is 11.4 Å². The van der Waals surface area contributed by atoms with Crippen molar-refractivity contribution in [3.8, 4) is 11.4 Å². The predicted molar refractivity (Wildman–Crippen MR) is 105 cm³/mol. The number of benzene rings is 2. The number of hydrogen-bond donors (Lipinski definition) is 1. The molecular weight excluding hydrogens is 362 g/mol. The summed E-state index contributed by atoms with van der Waals surface area (Å²) in [4.78, 5) is 11.9. The SMILES string of the molecule is Nc1ccc(-c2nnc3n2N=CC(c2cc(=O)oc4ccccc24)S3)cc1. The van der Waals surface area contributed by atoms with E-state index in [0.29, 0.717) is 22.3 Å². The van der Waals surface area contributed by atoms with E-state index in [1.807, 2.05) is 42.5 Å². The Hall–Kier alpha value is -3.39. The lowest BCUT2D eigenvalue weighted by atomic mass is 10.1. The Kier molecular flexibility index (Phi) is 3.58. The van der Waals surface area contributed by atoms with E-state index in [2.05, 4.69) is 15.3 Å². The fraction of sp³-hybridized carbons (Fsp3) is 0.0526. The van der Waals surface area contributed by atoms with Gasteiger partial charge in [0.15, 0.2) is 5.82 Å². The highest BCUT2D eigenvalue weighted by Gasteiger charge is 2.25. The molecule has 1 atom stereocenters. The second-order valence-electron chi connectivity index (χ2n) is 6.06. The van der Waals surface area contributed by atoms with Gasteiger partial charge in [-0.05, 0) is 35.9 Å². The van der Waals surface area contributed by atoms with Gasteiger partial charge in [0.2, 0.25) is 5.16 Å². The molecule has 1 unspecified atom stereocenters. The number of para-hydroxylation sites is 1. The summed E-state index contributed by atoms with van der Waals surface area (Å²) >= 11 is 1.49. The molecule has 0 amide bonds. The van der Waals surface area contributed by atoms with Gasteiger partial charge < -0.3 is 10.2 Å². The monoisotopic (exact) mass is 375 g/mol. The molecule has 0 spiro atoms. The standard InChI is InChI=1S/C19H13N5O2S/c20-12-7-5-11(6-8-12)18-22-23-19-24(18)21-10-16(27-19)14-9-17(25)26-15-4-2-1-3-13(14)15/h1-10,16H,20H2. The van der Waals surface area contributed by atoms with Crippen molar-refractivity contribution in [1.82, 2.24) is 14.9 Å². The van der Waals surface area contributed by atoms with Gasteiger partial charge in [0.1, 0.15) is 5.58 Å². The van der Waals surface area contributed by atoms with Crippen LogP contribution in [0.5, 0.6) is 0 Å².